The Labute approximate surface area is 277 Å². The van der Waals surface area contributed by atoms with E-state index in [0.29, 0.717) is 43.5 Å². The van der Waals surface area contributed by atoms with E-state index in [1.807, 2.05) is 30.3 Å². The van der Waals surface area contributed by atoms with Gasteiger partial charge in [0.25, 0.3) is 0 Å². The highest BCUT2D eigenvalue weighted by atomic mass is 35.5. The number of carbonyl (C=O) groups is 1. The predicted octanol–water partition coefficient (Wildman–Crippen LogP) is 5.93. The van der Waals surface area contributed by atoms with Crippen LogP contribution < -0.4 is 20.3 Å². The number of aromatic nitrogens is 8. The molecule has 13 nitrogen and oxygen atoms in total. The van der Waals surface area contributed by atoms with Crippen LogP contribution in [0.4, 0.5) is 29.9 Å². The third-order valence-corrected chi connectivity index (χ3v) is 8.08. The minimum atomic E-state index is -4.70. The fourth-order valence-corrected chi connectivity index (χ4v) is 5.59. The summed E-state index contributed by atoms with van der Waals surface area (Å²) in [6.45, 7) is 0.299. The van der Waals surface area contributed by atoms with Crippen molar-refractivity contribution in [1.29, 1.82) is 0 Å². The Kier molecular flexibility index (Phi) is 9.61. The summed E-state index contributed by atoms with van der Waals surface area (Å²) in [6.07, 6.45) is 4.14. The molecule has 0 radical (unpaired) electrons. The number of aromatic amines is 1. The molecule has 0 saturated heterocycles. The van der Waals surface area contributed by atoms with Crippen LogP contribution in [0.1, 0.15) is 36.8 Å². The molecule has 5 aromatic rings. The van der Waals surface area contributed by atoms with E-state index < -0.39 is 17.4 Å². The van der Waals surface area contributed by atoms with Crippen LogP contribution in [0.3, 0.4) is 0 Å². The zero-order valence-electron chi connectivity index (χ0n) is 25.4. The van der Waals surface area contributed by atoms with Gasteiger partial charge < -0.3 is 15.4 Å². The number of rotatable bonds is 9. The number of halogens is 4. The van der Waals surface area contributed by atoms with Crippen molar-refractivity contribution in [2.24, 2.45) is 0 Å². The van der Waals surface area contributed by atoms with E-state index in [1.54, 1.807) is 29.6 Å². The molecule has 1 fully saturated rings. The lowest BCUT2D eigenvalue weighted by atomic mass is 9.90. The van der Waals surface area contributed by atoms with Gasteiger partial charge in [0.15, 0.2) is 0 Å². The molecule has 248 valence electrons. The van der Waals surface area contributed by atoms with E-state index in [-0.39, 0.29) is 46.7 Å². The highest BCUT2D eigenvalue weighted by molar-refractivity contribution is 6.32. The molecule has 0 spiro atoms. The number of anilines is 2. The van der Waals surface area contributed by atoms with Gasteiger partial charge in [-0.25, -0.2) is 34.7 Å². The number of H-pyrrole nitrogens is 1. The first-order chi connectivity index (χ1) is 23.2. The Balaban J connectivity index is 1.21. The van der Waals surface area contributed by atoms with Crippen LogP contribution in [0.5, 0.6) is 6.01 Å². The summed E-state index contributed by atoms with van der Waals surface area (Å²) < 4.78 is 46.3. The number of nitrogens with one attached hydrogen (secondary N) is 3. The van der Waals surface area contributed by atoms with E-state index >= 15 is 0 Å². The van der Waals surface area contributed by atoms with E-state index in [2.05, 4.69) is 45.8 Å². The van der Waals surface area contributed by atoms with E-state index in [0.717, 1.165) is 11.8 Å². The van der Waals surface area contributed by atoms with Crippen molar-refractivity contribution in [1.82, 2.24) is 45.4 Å². The Morgan fingerprint density at radius 3 is 2.42 bits per heavy atom. The maximum atomic E-state index is 13.8. The highest BCUT2D eigenvalue weighted by Gasteiger charge is 2.37. The number of nitrogens with zero attached hydrogens (tertiary/aromatic N) is 8. The monoisotopic (exact) mass is 679 g/mol. The van der Waals surface area contributed by atoms with Gasteiger partial charge in [-0.3, -0.25) is 10.00 Å². The number of ether oxygens (including phenoxy) is 1. The molecule has 4 heterocycles. The minimum absolute atomic E-state index is 0.00194. The lowest BCUT2D eigenvalue weighted by molar-refractivity contribution is -0.137. The van der Waals surface area contributed by atoms with Gasteiger partial charge in [-0.1, -0.05) is 41.9 Å². The van der Waals surface area contributed by atoms with Gasteiger partial charge in [0.05, 0.1) is 24.0 Å². The first-order valence-electron chi connectivity index (χ1n) is 14.9. The second kappa shape index (κ2) is 14.2. The average molecular weight is 680 g/mol. The number of hydrogen-bond acceptors (Lipinski definition) is 10. The molecule has 4 aromatic heterocycles. The van der Waals surface area contributed by atoms with Crippen LogP contribution in [-0.2, 0) is 12.7 Å². The number of alkyl halides is 3. The molecular formula is C31H29ClF3N11O2. The Morgan fingerprint density at radius 1 is 1.00 bits per heavy atom. The molecule has 1 saturated carbocycles. The zero-order valence-corrected chi connectivity index (χ0v) is 26.2. The molecule has 1 aliphatic rings. The smallest absolute Gasteiger partial charge is 0.420 e. The molecule has 1 aromatic carbocycles. The molecule has 17 heteroatoms. The van der Waals surface area contributed by atoms with Crippen molar-refractivity contribution in [3.05, 3.63) is 83.5 Å². The van der Waals surface area contributed by atoms with E-state index in [1.165, 1.54) is 13.3 Å². The first-order valence-corrected chi connectivity index (χ1v) is 15.3. The molecule has 0 aliphatic heterocycles. The van der Waals surface area contributed by atoms with Gasteiger partial charge in [-0.15, -0.1) is 0 Å². The van der Waals surface area contributed by atoms with Crippen molar-refractivity contribution in [3.8, 4) is 28.7 Å². The van der Waals surface area contributed by atoms with Crippen LogP contribution in [-0.4, -0.2) is 65.3 Å². The molecule has 0 unspecified atom stereocenters. The van der Waals surface area contributed by atoms with Crippen molar-refractivity contribution in [3.63, 3.8) is 0 Å². The third kappa shape index (κ3) is 7.43. The third-order valence-electron chi connectivity index (χ3n) is 7.79. The Morgan fingerprint density at radius 2 is 1.75 bits per heavy atom. The molecule has 48 heavy (non-hydrogen) atoms. The van der Waals surface area contributed by atoms with Crippen molar-refractivity contribution in [2.45, 2.75) is 50.5 Å². The van der Waals surface area contributed by atoms with Crippen LogP contribution in [0.25, 0.3) is 22.6 Å². The summed E-state index contributed by atoms with van der Waals surface area (Å²) in [5, 5.41) is 12.3. The van der Waals surface area contributed by atoms with Gasteiger partial charge in [0.2, 0.25) is 11.9 Å². The number of methoxy groups -OCH3 is 1. The van der Waals surface area contributed by atoms with Gasteiger partial charge in [0, 0.05) is 49.0 Å². The molecule has 0 atom stereocenters. The van der Waals surface area contributed by atoms with Gasteiger partial charge in [-0.05, 0) is 37.3 Å². The van der Waals surface area contributed by atoms with Crippen LogP contribution in [0.15, 0.2) is 67.4 Å². The first kappa shape index (κ1) is 32.6. The predicted molar refractivity (Wildman–Crippen MR) is 170 cm³/mol. The fraction of sp³-hybridized carbons (Fsp3) is 0.290. The summed E-state index contributed by atoms with van der Waals surface area (Å²) in [7, 11) is 1.47. The topological polar surface area (TPSA) is 160 Å². The van der Waals surface area contributed by atoms with E-state index in [9.17, 15) is 18.0 Å². The molecule has 1 aliphatic carbocycles. The van der Waals surface area contributed by atoms with Gasteiger partial charge >= 0.3 is 18.2 Å². The summed E-state index contributed by atoms with van der Waals surface area (Å²) in [4.78, 5) is 40.9. The van der Waals surface area contributed by atoms with Crippen molar-refractivity contribution < 1.29 is 22.7 Å². The second-order valence-electron chi connectivity index (χ2n) is 10.9. The number of benzene rings is 1. The lowest BCUT2D eigenvalue weighted by Gasteiger charge is -2.36. The lowest BCUT2D eigenvalue weighted by Crippen LogP contribution is -2.49. The van der Waals surface area contributed by atoms with Crippen LogP contribution in [0, 0.1) is 0 Å². The highest BCUT2D eigenvalue weighted by Crippen LogP contribution is 2.38. The zero-order chi connectivity index (χ0) is 33.7. The second-order valence-corrected chi connectivity index (χ2v) is 11.3. The largest absolute Gasteiger partial charge is 0.467 e. The Bertz CT molecular complexity index is 1850. The number of amides is 2. The quantitative estimate of drug-likeness (QED) is 0.170. The summed E-state index contributed by atoms with van der Waals surface area (Å²) in [6, 6.07) is 10.6. The van der Waals surface area contributed by atoms with Gasteiger partial charge in [-0.2, -0.15) is 18.3 Å². The molecule has 3 N–H and O–H groups in total. The molecule has 2 amide bonds. The number of hydrogen-bond donors (Lipinski definition) is 3. The molecular weight excluding hydrogens is 651 g/mol. The number of urea groups is 1. The van der Waals surface area contributed by atoms with Gasteiger partial charge in [0.1, 0.15) is 17.0 Å². The normalized spacial score (nSPS) is 16.3. The average Bonchev–Trinajstić information content (AvgIpc) is 3.54. The molecule has 0 bridgehead atoms. The SMILES string of the molecule is COc1ncc(-c2ccnc(N(C(=O)NCc3ccccc3)C3CCC(Nc4ncc(C(F)(F)F)c(-c5[nH]ncc5Cl)n4)CC3)n2)cn1. The Hall–Kier alpha value is -5.38. The summed E-state index contributed by atoms with van der Waals surface area (Å²) >= 11 is 6.08. The van der Waals surface area contributed by atoms with E-state index in [4.69, 9.17) is 21.3 Å². The van der Waals surface area contributed by atoms with Crippen LogP contribution >= 0.6 is 11.6 Å². The summed E-state index contributed by atoms with van der Waals surface area (Å²) in [5.41, 5.74) is 0.561. The maximum absolute atomic E-state index is 13.8. The van der Waals surface area contributed by atoms with Crippen molar-refractivity contribution in [2.75, 3.05) is 17.3 Å². The molecule has 6 rings (SSSR count). The van der Waals surface area contributed by atoms with Crippen LogP contribution in [0.2, 0.25) is 5.02 Å². The maximum Gasteiger partial charge on any atom is 0.420 e. The number of carbonyl (C=O) groups excluding carboxylic acids is 1. The fourth-order valence-electron chi connectivity index (χ4n) is 5.41. The summed E-state index contributed by atoms with van der Waals surface area (Å²) in [5.74, 6) is 0.222. The standard InChI is InChI=1S/C31H29ClF3N11O2/c1-48-29-38-14-19(15-39-29)24-11-12-36-28(43-24)46(30(47)40-13-18-5-3-2-4-6-18)21-9-7-20(8-10-21)42-27-37-16-22(31(33,34)35)25(44-27)26-23(32)17-41-45-26/h2-6,11-12,14-17,20-21H,7-10,13H2,1H3,(H,40,47)(H,41,45)(H,37,42,44). The minimum Gasteiger partial charge on any atom is -0.467 e. The van der Waals surface area contributed by atoms with Crippen molar-refractivity contribution >= 4 is 29.5 Å².